The van der Waals surface area contributed by atoms with Gasteiger partial charge in [-0.3, -0.25) is 4.79 Å². The Hall–Kier alpha value is -0.700. The molecule has 7 nitrogen and oxygen atoms in total. The van der Waals surface area contributed by atoms with Gasteiger partial charge in [0.25, 0.3) is 0 Å². The highest BCUT2D eigenvalue weighted by Crippen LogP contribution is 2.18. The number of sulfonamides is 1. The minimum atomic E-state index is -3.16. The molecule has 2 rings (SSSR count). The number of nitrogens with zero attached hydrogens (tertiary/aromatic N) is 2. The minimum Gasteiger partial charge on any atom is -0.379 e. The van der Waals surface area contributed by atoms with E-state index in [2.05, 4.69) is 12.2 Å². The number of rotatable bonds is 5. The lowest BCUT2D eigenvalue weighted by molar-refractivity contribution is -0.137. The first-order valence-corrected chi connectivity index (χ1v) is 9.33. The maximum Gasteiger partial charge on any atom is 0.229 e. The summed E-state index contributed by atoms with van der Waals surface area (Å²) in [7, 11) is -3.16. The Morgan fingerprint density at radius 3 is 2.48 bits per heavy atom. The van der Waals surface area contributed by atoms with Crippen LogP contribution in [-0.4, -0.2) is 81.8 Å². The number of hydrogen-bond donors (Lipinski definition) is 1. The normalized spacial score (nSPS) is 28.0. The summed E-state index contributed by atoms with van der Waals surface area (Å²) >= 11 is 0. The Labute approximate surface area is 126 Å². The second-order valence-electron chi connectivity index (χ2n) is 5.69. The van der Waals surface area contributed by atoms with Gasteiger partial charge in [-0.2, -0.15) is 4.31 Å². The van der Waals surface area contributed by atoms with E-state index in [0.717, 1.165) is 13.0 Å². The highest BCUT2D eigenvalue weighted by molar-refractivity contribution is 7.88. The Kier molecular flexibility index (Phi) is 5.59. The molecular formula is C13H25N3O4S. The number of nitrogens with one attached hydrogen (secondary N) is 1. The van der Waals surface area contributed by atoms with E-state index >= 15 is 0 Å². The van der Waals surface area contributed by atoms with E-state index in [1.54, 1.807) is 4.90 Å². The highest BCUT2D eigenvalue weighted by atomic mass is 32.2. The molecule has 0 saturated carbocycles. The molecule has 8 heteroatoms. The van der Waals surface area contributed by atoms with Gasteiger partial charge >= 0.3 is 0 Å². The molecular weight excluding hydrogens is 294 g/mol. The van der Waals surface area contributed by atoms with Crippen molar-refractivity contribution in [2.75, 3.05) is 52.2 Å². The van der Waals surface area contributed by atoms with Crippen LogP contribution >= 0.6 is 0 Å². The van der Waals surface area contributed by atoms with Gasteiger partial charge in [0.15, 0.2) is 0 Å². The standard InChI is InChI=1S/C13H25N3O4S/c1-3-4-14-12-10-20-9-11(12)13(17)15-5-7-16(8-6-15)21(2,18)19/h11-12,14H,3-10H2,1-2H3. The summed E-state index contributed by atoms with van der Waals surface area (Å²) in [6, 6.07) is 0.0744. The van der Waals surface area contributed by atoms with Crippen LogP contribution in [0.25, 0.3) is 0 Å². The van der Waals surface area contributed by atoms with E-state index in [1.807, 2.05) is 0 Å². The van der Waals surface area contributed by atoms with Crippen LogP contribution in [0.1, 0.15) is 13.3 Å². The fourth-order valence-electron chi connectivity index (χ4n) is 2.80. The summed E-state index contributed by atoms with van der Waals surface area (Å²) in [6.07, 6.45) is 2.23. The lowest BCUT2D eigenvalue weighted by atomic mass is 10.0. The lowest BCUT2D eigenvalue weighted by Gasteiger charge is -2.35. The largest absolute Gasteiger partial charge is 0.379 e. The summed E-state index contributed by atoms with van der Waals surface area (Å²) in [5, 5.41) is 3.36. The molecule has 0 aliphatic carbocycles. The number of amides is 1. The molecule has 0 aromatic rings. The van der Waals surface area contributed by atoms with Gasteiger partial charge in [-0.05, 0) is 13.0 Å². The molecule has 21 heavy (non-hydrogen) atoms. The van der Waals surface area contributed by atoms with Crippen LogP contribution < -0.4 is 5.32 Å². The van der Waals surface area contributed by atoms with Crippen molar-refractivity contribution in [2.45, 2.75) is 19.4 Å². The van der Waals surface area contributed by atoms with Crippen molar-refractivity contribution in [3.8, 4) is 0 Å². The van der Waals surface area contributed by atoms with E-state index < -0.39 is 10.0 Å². The molecule has 2 heterocycles. The molecule has 2 unspecified atom stereocenters. The van der Waals surface area contributed by atoms with Crippen molar-refractivity contribution >= 4 is 15.9 Å². The van der Waals surface area contributed by atoms with E-state index in [-0.39, 0.29) is 17.9 Å². The lowest BCUT2D eigenvalue weighted by Crippen LogP contribution is -2.54. The number of hydrogen-bond acceptors (Lipinski definition) is 5. The molecule has 1 N–H and O–H groups in total. The van der Waals surface area contributed by atoms with Crippen LogP contribution in [0.3, 0.4) is 0 Å². The molecule has 0 bridgehead atoms. The SMILES string of the molecule is CCCNC1COCC1C(=O)N1CCN(S(C)(=O)=O)CC1. The summed E-state index contributed by atoms with van der Waals surface area (Å²) in [5.41, 5.74) is 0. The first kappa shape index (κ1) is 16.7. The summed E-state index contributed by atoms with van der Waals surface area (Å²) in [6.45, 7) is 5.66. The summed E-state index contributed by atoms with van der Waals surface area (Å²) < 4.78 is 29.8. The third-order valence-corrected chi connectivity index (χ3v) is 5.38. The quantitative estimate of drug-likeness (QED) is 0.711. The van der Waals surface area contributed by atoms with Crippen LogP contribution in [0, 0.1) is 5.92 Å². The summed E-state index contributed by atoms with van der Waals surface area (Å²) in [4.78, 5) is 14.3. The van der Waals surface area contributed by atoms with E-state index in [0.29, 0.717) is 39.4 Å². The zero-order valence-electron chi connectivity index (χ0n) is 12.7. The van der Waals surface area contributed by atoms with Gasteiger partial charge in [-0.25, -0.2) is 8.42 Å². The molecule has 2 atom stereocenters. The van der Waals surface area contributed by atoms with Crippen molar-refractivity contribution < 1.29 is 17.9 Å². The van der Waals surface area contributed by atoms with Gasteiger partial charge in [-0.15, -0.1) is 0 Å². The van der Waals surface area contributed by atoms with Crippen molar-refractivity contribution in [3.05, 3.63) is 0 Å². The predicted molar refractivity (Wildman–Crippen MR) is 79.4 cm³/mol. The number of ether oxygens (including phenoxy) is 1. The van der Waals surface area contributed by atoms with Gasteiger partial charge in [0.1, 0.15) is 0 Å². The van der Waals surface area contributed by atoms with E-state index in [9.17, 15) is 13.2 Å². The number of carbonyl (C=O) groups excluding carboxylic acids is 1. The molecule has 0 aromatic carbocycles. The second-order valence-corrected chi connectivity index (χ2v) is 7.67. The Bertz CT molecular complexity index is 460. The molecule has 2 saturated heterocycles. The third kappa shape index (κ3) is 4.15. The average molecular weight is 319 g/mol. The maximum absolute atomic E-state index is 12.6. The number of carbonyl (C=O) groups is 1. The molecule has 122 valence electrons. The van der Waals surface area contributed by atoms with Crippen molar-refractivity contribution in [2.24, 2.45) is 5.92 Å². The third-order valence-electron chi connectivity index (χ3n) is 4.07. The van der Waals surface area contributed by atoms with Gasteiger partial charge in [-0.1, -0.05) is 6.92 Å². The molecule has 2 fully saturated rings. The van der Waals surface area contributed by atoms with Gasteiger partial charge < -0.3 is 15.0 Å². The van der Waals surface area contributed by atoms with Crippen LogP contribution in [0.5, 0.6) is 0 Å². The van der Waals surface area contributed by atoms with Crippen molar-refractivity contribution in [1.82, 2.24) is 14.5 Å². The van der Waals surface area contributed by atoms with Crippen LogP contribution in [0.4, 0.5) is 0 Å². The summed E-state index contributed by atoms with van der Waals surface area (Å²) in [5.74, 6) is -0.0735. The molecule has 0 spiro atoms. The van der Waals surface area contributed by atoms with E-state index in [1.165, 1.54) is 10.6 Å². The molecule has 0 radical (unpaired) electrons. The predicted octanol–water partition coefficient (Wildman–Crippen LogP) is -0.895. The van der Waals surface area contributed by atoms with Crippen molar-refractivity contribution in [3.63, 3.8) is 0 Å². The Balaban J connectivity index is 1.89. The van der Waals surface area contributed by atoms with Crippen LogP contribution in [0.2, 0.25) is 0 Å². The monoisotopic (exact) mass is 319 g/mol. The molecule has 2 aliphatic heterocycles. The Morgan fingerprint density at radius 1 is 1.24 bits per heavy atom. The van der Waals surface area contributed by atoms with Gasteiger partial charge in [0, 0.05) is 32.2 Å². The second kappa shape index (κ2) is 7.04. The fraction of sp³-hybridized carbons (Fsp3) is 0.923. The molecule has 1 amide bonds. The fourth-order valence-corrected chi connectivity index (χ4v) is 3.63. The van der Waals surface area contributed by atoms with Gasteiger partial charge in [0.05, 0.1) is 25.4 Å². The zero-order chi connectivity index (χ0) is 15.5. The number of piperazine rings is 1. The zero-order valence-corrected chi connectivity index (χ0v) is 13.6. The first-order chi connectivity index (χ1) is 9.93. The van der Waals surface area contributed by atoms with Crippen LogP contribution in [0.15, 0.2) is 0 Å². The smallest absolute Gasteiger partial charge is 0.229 e. The average Bonchev–Trinajstić information content (AvgIpc) is 2.92. The molecule has 0 aromatic heterocycles. The topological polar surface area (TPSA) is 79.0 Å². The van der Waals surface area contributed by atoms with Crippen LogP contribution in [-0.2, 0) is 19.6 Å². The highest BCUT2D eigenvalue weighted by Gasteiger charge is 2.37. The van der Waals surface area contributed by atoms with E-state index in [4.69, 9.17) is 4.74 Å². The van der Waals surface area contributed by atoms with Gasteiger partial charge in [0.2, 0.25) is 15.9 Å². The first-order valence-electron chi connectivity index (χ1n) is 7.48. The maximum atomic E-state index is 12.6. The Morgan fingerprint density at radius 2 is 1.90 bits per heavy atom. The van der Waals surface area contributed by atoms with Crippen molar-refractivity contribution in [1.29, 1.82) is 0 Å². The minimum absolute atomic E-state index is 0.0744. The molecule has 2 aliphatic rings.